The molecule has 2 amide bonds. The van der Waals surface area contributed by atoms with Crippen LogP contribution in [0.1, 0.15) is 16.8 Å². The molecule has 0 N–H and O–H groups in total. The second-order valence-electron chi connectivity index (χ2n) is 8.31. The topological polar surface area (TPSA) is 47.1 Å². The zero-order chi connectivity index (χ0) is 20.6. The van der Waals surface area contributed by atoms with Crippen LogP contribution in [0, 0.1) is 0 Å². The first kappa shape index (κ1) is 19.5. The smallest absolute Gasteiger partial charge is 0.253 e. The maximum absolute atomic E-state index is 13.1. The Morgan fingerprint density at radius 3 is 2.34 bits per heavy atom. The van der Waals surface area contributed by atoms with Gasteiger partial charge in [0.05, 0.1) is 12.1 Å². The first-order valence-electron chi connectivity index (χ1n) is 10.0. The van der Waals surface area contributed by atoms with Crippen molar-refractivity contribution in [2.75, 3.05) is 57.1 Å². The van der Waals surface area contributed by atoms with Crippen molar-refractivity contribution in [3.8, 4) is 0 Å². The quantitative estimate of drug-likeness (QED) is 0.804. The van der Waals surface area contributed by atoms with E-state index in [9.17, 15) is 9.59 Å². The van der Waals surface area contributed by atoms with Gasteiger partial charge in [-0.05, 0) is 49.9 Å². The lowest BCUT2D eigenvalue weighted by Gasteiger charge is -2.46. The van der Waals surface area contributed by atoms with E-state index in [2.05, 4.69) is 4.90 Å². The predicted molar refractivity (Wildman–Crippen MR) is 115 cm³/mol. The van der Waals surface area contributed by atoms with Crippen molar-refractivity contribution >= 4 is 23.2 Å². The molecule has 2 aromatic carbocycles. The van der Waals surface area contributed by atoms with E-state index in [0.717, 1.165) is 17.8 Å². The van der Waals surface area contributed by atoms with Gasteiger partial charge in [-0.1, -0.05) is 18.2 Å². The van der Waals surface area contributed by atoms with Crippen molar-refractivity contribution in [3.63, 3.8) is 0 Å². The Balaban J connectivity index is 1.52. The Labute approximate surface area is 172 Å². The van der Waals surface area contributed by atoms with Gasteiger partial charge in [-0.3, -0.25) is 14.5 Å². The van der Waals surface area contributed by atoms with Crippen LogP contribution in [0.25, 0.3) is 0 Å². The van der Waals surface area contributed by atoms with Crippen molar-refractivity contribution in [3.05, 3.63) is 60.2 Å². The summed E-state index contributed by atoms with van der Waals surface area (Å²) >= 11 is 0. The van der Waals surface area contributed by atoms with Crippen LogP contribution in [0.2, 0.25) is 0 Å². The molecule has 4 rings (SSSR count). The zero-order valence-corrected chi connectivity index (χ0v) is 17.3. The molecular formula is C23H28N4O2. The van der Waals surface area contributed by atoms with Crippen LogP contribution < -0.4 is 9.80 Å². The fourth-order valence-electron chi connectivity index (χ4n) is 4.36. The van der Waals surface area contributed by atoms with Crippen LogP contribution >= 0.6 is 0 Å². The highest BCUT2D eigenvalue weighted by molar-refractivity contribution is 5.97. The number of amides is 2. The fourth-order valence-corrected chi connectivity index (χ4v) is 4.36. The molecule has 2 aliphatic rings. The number of piperazine rings is 1. The van der Waals surface area contributed by atoms with Gasteiger partial charge >= 0.3 is 0 Å². The largest absolute Gasteiger partial charge is 0.378 e. The first-order chi connectivity index (χ1) is 13.9. The average molecular weight is 393 g/mol. The van der Waals surface area contributed by atoms with Crippen molar-refractivity contribution in [1.82, 2.24) is 9.80 Å². The Morgan fingerprint density at radius 2 is 1.69 bits per heavy atom. The van der Waals surface area contributed by atoms with E-state index in [0.29, 0.717) is 31.7 Å². The summed E-state index contributed by atoms with van der Waals surface area (Å²) in [5, 5.41) is 0. The SMILES string of the molecule is CN(C)c1ccc(C(=O)N2CC[C@]3(C2)CN(c2ccccc2)C(=O)CN3C)cc1. The Kier molecular flexibility index (Phi) is 5.04. The van der Waals surface area contributed by atoms with Gasteiger partial charge in [0, 0.05) is 50.7 Å². The second-order valence-corrected chi connectivity index (χ2v) is 8.31. The Bertz CT molecular complexity index is 897. The average Bonchev–Trinajstić information content (AvgIpc) is 3.16. The van der Waals surface area contributed by atoms with Gasteiger partial charge in [0.25, 0.3) is 5.91 Å². The molecule has 1 spiro atoms. The van der Waals surface area contributed by atoms with Crippen LogP contribution in [-0.4, -0.2) is 74.5 Å². The molecule has 152 valence electrons. The Morgan fingerprint density at radius 1 is 1.00 bits per heavy atom. The van der Waals surface area contributed by atoms with Crippen LogP contribution in [0.4, 0.5) is 11.4 Å². The minimum absolute atomic E-state index is 0.0590. The third-order valence-electron chi connectivity index (χ3n) is 6.25. The van der Waals surface area contributed by atoms with Gasteiger partial charge in [-0.15, -0.1) is 0 Å². The minimum atomic E-state index is -0.205. The number of benzene rings is 2. The van der Waals surface area contributed by atoms with E-state index in [1.807, 2.05) is 90.4 Å². The number of nitrogens with zero attached hydrogens (tertiary/aromatic N) is 4. The summed E-state index contributed by atoms with van der Waals surface area (Å²) in [5.74, 6) is 0.164. The molecule has 0 aliphatic carbocycles. The van der Waals surface area contributed by atoms with Crippen molar-refractivity contribution in [2.45, 2.75) is 12.0 Å². The van der Waals surface area contributed by atoms with Gasteiger partial charge in [0.2, 0.25) is 5.91 Å². The third-order valence-corrected chi connectivity index (χ3v) is 6.25. The number of hydrogen-bond acceptors (Lipinski definition) is 4. The number of rotatable bonds is 3. The van der Waals surface area contributed by atoms with Gasteiger partial charge in [0.1, 0.15) is 0 Å². The number of likely N-dealkylation sites (N-methyl/N-ethyl adjacent to an activating group) is 1. The molecule has 0 saturated carbocycles. The number of carbonyl (C=O) groups excluding carboxylic acids is 2. The third kappa shape index (κ3) is 3.60. The predicted octanol–water partition coefficient (Wildman–Crippen LogP) is 2.32. The number of anilines is 2. The van der Waals surface area contributed by atoms with Crippen LogP contribution in [-0.2, 0) is 4.79 Å². The molecule has 0 aromatic heterocycles. The van der Waals surface area contributed by atoms with Crippen LogP contribution in [0.3, 0.4) is 0 Å². The lowest BCUT2D eigenvalue weighted by atomic mass is 9.92. The normalized spacial score (nSPS) is 22.4. The van der Waals surface area contributed by atoms with Gasteiger partial charge in [-0.2, -0.15) is 0 Å². The second kappa shape index (κ2) is 7.52. The van der Waals surface area contributed by atoms with E-state index < -0.39 is 0 Å². The zero-order valence-electron chi connectivity index (χ0n) is 17.3. The molecule has 6 nitrogen and oxygen atoms in total. The molecular weight excluding hydrogens is 364 g/mol. The molecule has 1 atom stereocenters. The molecule has 2 aliphatic heterocycles. The summed E-state index contributed by atoms with van der Waals surface area (Å²) < 4.78 is 0. The molecule has 6 heteroatoms. The highest BCUT2D eigenvalue weighted by atomic mass is 16.2. The van der Waals surface area contributed by atoms with E-state index in [1.165, 1.54) is 0 Å². The molecule has 0 radical (unpaired) electrons. The molecule has 2 aromatic rings. The van der Waals surface area contributed by atoms with Gasteiger partial charge < -0.3 is 14.7 Å². The van der Waals surface area contributed by atoms with Crippen molar-refractivity contribution < 1.29 is 9.59 Å². The summed E-state index contributed by atoms with van der Waals surface area (Å²) in [4.78, 5) is 33.7. The minimum Gasteiger partial charge on any atom is -0.378 e. The summed E-state index contributed by atoms with van der Waals surface area (Å²) in [6.07, 6.45) is 0.863. The van der Waals surface area contributed by atoms with E-state index in [1.54, 1.807) is 0 Å². The van der Waals surface area contributed by atoms with E-state index in [-0.39, 0.29) is 17.4 Å². The van der Waals surface area contributed by atoms with Gasteiger partial charge in [0.15, 0.2) is 0 Å². The molecule has 0 unspecified atom stereocenters. The highest BCUT2D eigenvalue weighted by Gasteiger charge is 2.48. The van der Waals surface area contributed by atoms with E-state index in [4.69, 9.17) is 0 Å². The number of carbonyl (C=O) groups is 2. The summed E-state index contributed by atoms with van der Waals surface area (Å²) in [5.41, 5.74) is 2.50. The summed E-state index contributed by atoms with van der Waals surface area (Å²) in [6, 6.07) is 17.5. The van der Waals surface area contributed by atoms with Crippen LogP contribution in [0.5, 0.6) is 0 Å². The molecule has 2 heterocycles. The lowest BCUT2D eigenvalue weighted by Crippen LogP contribution is -2.64. The molecule has 2 saturated heterocycles. The summed E-state index contributed by atoms with van der Waals surface area (Å²) in [7, 11) is 5.97. The molecule has 29 heavy (non-hydrogen) atoms. The van der Waals surface area contributed by atoms with E-state index >= 15 is 0 Å². The number of para-hydroxylation sites is 1. The van der Waals surface area contributed by atoms with Crippen molar-refractivity contribution in [2.24, 2.45) is 0 Å². The van der Waals surface area contributed by atoms with Crippen LogP contribution in [0.15, 0.2) is 54.6 Å². The molecule has 2 fully saturated rings. The standard InChI is InChI=1S/C23H28N4O2/c1-24(2)19-11-9-18(10-12-19)22(29)26-14-13-23(16-26)17-27(21(28)15-25(23)3)20-7-5-4-6-8-20/h4-12H,13-17H2,1-3H3/t23-/m0/s1. The number of hydrogen-bond donors (Lipinski definition) is 0. The van der Waals surface area contributed by atoms with Gasteiger partial charge in [-0.25, -0.2) is 0 Å². The maximum Gasteiger partial charge on any atom is 0.253 e. The number of likely N-dealkylation sites (tertiary alicyclic amines) is 1. The maximum atomic E-state index is 13.1. The molecule has 0 bridgehead atoms. The Hall–Kier alpha value is -2.86. The van der Waals surface area contributed by atoms with Crippen molar-refractivity contribution in [1.29, 1.82) is 0 Å². The fraction of sp³-hybridized carbons (Fsp3) is 0.391. The monoisotopic (exact) mass is 392 g/mol. The summed E-state index contributed by atoms with van der Waals surface area (Å²) in [6.45, 7) is 2.31. The highest BCUT2D eigenvalue weighted by Crippen LogP contribution is 2.34. The first-order valence-corrected chi connectivity index (χ1v) is 10.0. The lowest BCUT2D eigenvalue weighted by molar-refractivity contribution is -0.123.